The number of nitrogens with one attached hydrogen (secondary N) is 1. The molecule has 1 heterocycles. The first-order valence-corrected chi connectivity index (χ1v) is 7.65. The molecule has 1 saturated carbocycles. The van der Waals surface area contributed by atoms with E-state index in [0.717, 1.165) is 18.4 Å². The molecule has 0 spiro atoms. The van der Waals surface area contributed by atoms with Crippen LogP contribution in [0.5, 0.6) is 0 Å². The van der Waals surface area contributed by atoms with E-state index >= 15 is 0 Å². The molecule has 3 rings (SSSR count). The number of halogens is 1. The van der Waals surface area contributed by atoms with Gasteiger partial charge in [-0.1, -0.05) is 18.2 Å². The van der Waals surface area contributed by atoms with Crippen molar-refractivity contribution in [1.82, 2.24) is 5.32 Å². The number of thiophene rings is 1. The van der Waals surface area contributed by atoms with Gasteiger partial charge in [0.2, 0.25) is 0 Å². The molecule has 0 saturated heterocycles. The minimum absolute atomic E-state index is 0.124. The van der Waals surface area contributed by atoms with E-state index in [2.05, 4.69) is 29.8 Å². The van der Waals surface area contributed by atoms with E-state index in [0.29, 0.717) is 18.0 Å². The first-order chi connectivity index (χ1) is 9.22. The zero-order valence-electron chi connectivity index (χ0n) is 11.0. The number of hydrogen-bond donors (Lipinski definition) is 1. The molecule has 3 heteroatoms. The van der Waals surface area contributed by atoms with Gasteiger partial charge < -0.3 is 5.32 Å². The smallest absolute Gasteiger partial charge is 0.123 e. The summed E-state index contributed by atoms with van der Waals surface area (Å²) in [6.07, 6.45) is 2.22. The molecule has 2 aromatic rings. The van der Waals surface area contributed by atoms with Gasteiger partial charge in [0.15, 0.2) is 0 Å². The molecule has 1 aliphatic carbocycles. The lowest BCUT2D eigenvalue weighted by Gasteiger charge is -2.38. The van der Waals surface area contributed by atoms with Crippen molar-refractivity contribution in [2.24, 2.45) is 0 Å². The summed E-state index contributed by atoms with van der Waals surface area (Å²) < 4.78 is 13.2. The van der Waals surface area contributed by atoms with Crippen LogP contribution in [0.4, 0.5) is 4.39 Å². The van der Waals surface area contributed by atoms with Gasteiger partial charge in [0, 0.05) is 17.0 Å². The largest absolute Gasteiger partial charge is 0.307 e. The van der Waals surface area contributed by atoms with Crippen molar-refractivity contribution in [3.63, 3.8) is 0 Å². The Bertz CT molecular complexity index is 531. The summed E-state index contributed by atoms with van der Waals surface area (Å²) in [6, 6.07) is 12.3. The van der Waals surface area contributed by atoms with Crippen LogP contribution in [-0.2, 0) is 0 Å². The minimum atomic E-state index is -0.124. The van der Waals surface area contributed by atoms with Gasteiger partial charge in [-0.05, 0) is 54.8 Å². The van der Waals surface area contributed by atoms with Crippen molar-refractivity contribution < 1.29 is 4.39 Å². The molecule has 1 aromatic carbocycles. The topological polar surface area (TPSA) is 12.0 Å². The van der Waals surface area contributed by atoms with Crippen LogP contribution in [0.3, 0.4) is 0 Å². The fourth-order valence-electron chi connectivity index (χ4n) is 2.76. The van der Waals surface area contributed by atoms with Crippen molar-refractivity contribution in [2.45, 2.75) is 37.8 Å². The lowest BCUT2D eigenvalue weighted by Crippen LogP contribution is -2.41. The average molecular weight is 275 g/mol. The Morgan fingerprint density at radius 3 is 2.79 bits per heavy atom. The lowest BCUT2D eigenvalue weighted by molar-refractivity contribution is 0.271. The Hall–Kier alpha value is -1.19. The SMILES string of the molecule is CC(NC1CC(c2cccc(F)c2)C1)c1cccs1. The lowest BCUT2D eigenvalue weighted by atomic mass is 9.75. The summed E-state index contributed by atoms with van der Waals surface area (Å²) in [7, 11) is 0. The monoisotopic (exact) mass is 275 g/mol. The molecule has 1 N–H and O–H groups in total. The second kappa shape index (κ2) is 5.43. The van der Waals surface area contributed by atoms with E-state index in [1.807, 2.05) is 6.07 Å². The van der Waals surface area contributed by atoms with Crippen molar-refractivity contribution in [2.75, 3.05) is 0 Å². The van der Waals surface area contributed by atoms with Gasteiger partial charge in [-0.15, -0.1) is 11.3 Å². The van der Waals surface area contributed by atoms with Gasteiger partial charge in [0.25, 0.3) is 0 Å². The van der Waals surface area contributed by atoms with Gasteiger partial charge >= 0.3 is 0 Å². The Balaban J connectivity index is 1.53. The van der Waals surface area contributed by atoms with Crippen molar-refractivity contribution >= 4 is 11.3 Å². The highest BCUT2D eigenvalue weighted by molar-refractivity contribution is 7.10. The van der Waals surface area contributed by atoms with E-state index in [-0.39, 0.29) is 5.82 Å². The van der Waals surface area contributed by atoms with Crippen molar-refractivity contribution in [3.05, 3.63) is 58.0 Å². The molecular weight excluding hydrogens is 257 g/mol. The maximum atomic E-state index is 13.2. The predicted octanol–water partition coefficient (Wildman–Crippen LogP) is 4.48. The Morgan fingerprint density at radius 2 is 2.11 bits per heavy atom. The van der Waals surface area contributed by atoms with Crippen LogP contribution in [0.2, 0.25) is 0 Å². The first kappa shape index (κ1) is 12.8. The molecular formula is C16H18FNS. The molecule has 0 aliphatic heterocycles. The Labute approximate surface area is 117 Å². The highest BCUT2D eigenvalue weighted by Crippen LogP contribution is 2.38. The molecule has 1 aromatic heterocycles. The van der Waals surface area contributed by atoms with Crippen LogP contribution < -0.4 is 5.32 Å². The predicted molar refractivity (Wildman–Crippen MR) is 78.0 cm³/mol. The average Bonchev–Trinajstić information content (AvgIpc) is 2.86. The first-order valence-electron chi connectivity index (χ1n) is 6.77. The highest BCUT2D eigenvalue weighted by atomic mass is 32.1. The number of benzene rings is 1. The van der Waals surface area contributed by atoms with Crippen LogP contribution in [-0.4, -0.2) is 6.04 Å². The number of hydrogen-bond acceptors (Lipinski definition) is 2. The fraction of sp³-hybridized carbons (Fsp3) is 0.375. The summed E-state index contributed by atoms with van der Waals surface area (Å²) in [5, 5.41) is 5.76. The quantitative estimate of drug-likeness (QED) is 0.867. The van der Waals surface area contributed by atoms with E-state index in [1.54, 1.807) is 23.5 Å². The number of rotatable bonds is 4. The molecule has 19 heavy (non-hydrogen) atoms. The molecule has 1 fully saturated rings. The van der Waals surface area contributed by atoms with Crippen LogP contribution in [0, 0.1) is 5.82 Å². The Kier molecular flexibility index (Phi) is 3.67. The molecule has 100 valence electrons. The van der Waals surface area contributed by atoms with Gasteiger partial charge in [0.05, 0.1) is 0 Å². The molecule has 1 atom stereocenters. The van der Waals surface area contributed by atoms with Gasteiger partial charge in [-0.3, -0.25) is 0 Å². The summed E-state index contributed by atoms with van der Waals surface area (Å²) in [4.78, 5) is 1.38. The van der Waals surface area contributed by atoms with E-state index in [4.69, 9.17) is 0 Å². The summed E-state index contributed by atoms with van der Waals surface area (Å²) in [5.41, 5.74) is 1.14. The molecule has 0 radical (unpaired) electrons. The van der Waals surface area contributed by atoms with Crippen LogP contribution in [0.15, 0.2) is 41.8 Å². The van der Waals surface area contributed by atoms with Crippen LogP contribution in [0.1, 0.15) is 42.2 Å². The standard InChI is InChI=1S/C16H18FNS/c1-11(16-6-3-7-19-16)18-15-9-13(10-15)12-4-2-5-14(17)8-12/h2-8,11,13,15,18H,9-10H2,1H3. The maximum absolute atomic E-state index is 13.2. The van der Waals surface area contributed by atoms with Crippen molar-refractivity contribution in [1.29, 1.82) is 0 Å². The summed E-state index contributed by atoms with van der Waals surface area (Å²) in [5.74, 6) is 0.393. The third-order valence-electron chi connectivity index (χ3n) is 3.91. The fourth-order valence-corrected chi connectivity index (χ4v) is 3.50. The molecule has 1 aliphatic rings. The van der Waals surface area contributed by atoms with E-state index in [1.165, 1.54) is 10.9 Å². The van der Waals surface area contributed by atoms with Crippen molar-refractivity contribution in [3.8, 4) is 0 Å². The van der Waals surface area contributed by atoms with Gasteiger partial charge in [-0.25, -0.2) is 4.39 Å². The van der Waals surface area contributed by atoms with Gasteiger partial charge in [-0.2, -0.15) is 0 Å². The molecule has 0 amide bonds. The van der Waals surface area contributed by atoms with Crippen LogP contribution >= 0.6 is 11.3 Å². The second-order valence-corrected chi connectivity index (χ2v) is 6.30. The normalized spacial score (nSPS) is 23.9. The zero-order valence-corrected chi connectivity index (χ0v) is 11.8. The van der Waals surface area contributed by atoms with Crippen LogP contribution in [0.25, 0.3) is 0 Å². The van der Waals surface area contributed by atoms with Gasteiger partial charge in [0.1, 0.15) is 5.82 Å². The molecule has 0 bridgehead atoms. The molecule has 1 nitrogen and oxygen atoms in total. The summed E-state index contributed by atoms with van der Waals surface area (Å²) in [6.45, 7) is 2.21. The van der Waals surface area contributed by atoms with E-state index < -0.39 is 0 Å². The second-order valence-electron chi connectivity index (χ2n) is 5.32. The summed E-state index contributed by atoms with van der Waals surface area (Å²) >= 11 is 1.79. The third kappa shape index (κ3) is 2.88. The zero-order chi connectivity index (χ0) is 13.2. The Morgan fingerprint density at radius 1 is 1.26 bits per heavy atom. The maximum Gasteiger partial charge on any atom is 0.123 e. The van der Waals surface area contributed by atoms with E-state index in [9.17, 15) is 4.39 Å². The third-order valence-corrected chi connectivity index (χ3v) is 4.97. The highest BCUT2D eigenvalue weighted by Gasteiger charge is 2.31. The minimum Gasteiger partial charge on any atom is -0.307 e. The molecule has 1 unspecified atom stereocenters.